The molecule has 3 aromatic rings. The lowest BCUT2D eigenvalue weighted by Gasteiger charge is -2.34. The normalized spacial score (nSPS) is 22.2. The van der Waals surface area contributed by atoms with Gasteiger partial charge in [0.2, 0.25) is 0 Å². The van der Waals surface area contributed by atoms with Crippen LogP contribution in [0.2, 0.25) is 0 Å². The van der Waals surface area contributed by atoms with E-state index in [1.165, 1.54) is 5.69 Å². The Morgan fingerprint density at radius 2 is 1.88 bits per heavy atom. The molecule has 2 aromatic heterocycles. The molecule has 2 fully saturated rings. The van der Waals surface area contributed by atoms with Gasteiger partial charge in [-0.15, -0.1) is 0 Å². The van der Waals surface area contributed by atoms with Crippen LogP contribution in [-0.4, -0.2) is 78.4 Å². The molecule has 2 aliphatic rings. The Morgan fingerprint density at radius 3 is 2.62 bits per heavy atom. The van der Waals surface area contributed by atoms with Gasteiger partial charge >= 0.3 is 0 Å². The van der Waals surface area contributed by atoms with E-state index in [1.54, 1.807) is 12.4 Å². The monoisotopic (exact) mass is 435 g/mol. The summed E-state index contributed by atoms with van der Waals surface area (Å²) in [6, 6.07) is 10.5. The van der Waals surface area contributed by atoms with Gasteiger partial charge in [-0.1, -0.05) is 12.1 Å². The summed E-state index contributed by atoms with van der Waals surface area (Å²) in [7, 11) is 2.16. The molecule has 168 valence electrons. The molecule has 2 aliphatic heterocycles. The number of anilines is 2. The van der Waals surface area contributed by atoms with E-state index in [1.807, 2.05) is 6.07 Å². The summed E-state index contributed by atoms with van der Waals surface area (Å²) in [5.41, 5.74) is 3.17. The standard InChI is InChI=1S/C24H30FN7/c1-31-11-13-32(14-12-31)19-5-3-18(4-6-19)20-15-21-22(28-10-9-27-21)23(30-20)29-17-24(25)7-2-8-26-16-24/h3-6,9-10,15,26H,2,7-8,11-14,16-17H2,1H3,(H,29,30). The third kappa shape index (κ3) is 4.52. The number of fused-ring (bicyclic) bond motifs is 1. The predicted octanol–water partition coefficient (Wildman–Crippen LogP) is 2.95. The summed E-state index contributed by atoms with van der Waals surface area (Å²) >= 11 is 0. The molecule has 1 aromatic carbocycles. The molecule has 2 saturated heterocycles. The van der Waals surface area contributed by atoms with Gasteiger partial charge in [0.15, 0.2) is 5.82 Å². The number of benzene rings is 1. The predicted molar refractivity (Wildman–Crippen MR) is 127 cm³/mol. The van der Waals surface area contributed by atoms with E-state index in [-0.39, 0.29) is 6.54 Å². The fourth-order valence-corrected chi connectivity index (χ4v) is 4.47. The van der Waals surface area contributed by atoms with Gasteiger partial charge in [0.25, 0.3) is 0 Å². The molecule has 5 rings (SSSR count). The van der Waals surface area contributed by atoms with Crippen LogP contribution in [-0.2, 0) is 0 Å². The van der Waals surface area contributed by atoms with Gasteiger partial charge in [0, 0.05) is 56.4 Å². The van der Waals surface area contributed by atoms with E-state index < -0.39 is 5.67 Å². The molecule has 0 bridgehead atoms. The maximum absolute atomic E-state index is 15.1. The van der Waals surface area contributed by atoms with Crippen molar-refractivity contribution in [1.29, 1.82) is 0 Å². The molecule has 0 aliphatic carbocycles. The number of alkyl halides is 1. The molecule has 0 saturated carbocycles. The van der Waals surface area contributed by atoms with E-state index in [9.17, 15) is 0 Å². The zero-order valence-electron chi connectivity index (χ0n) is 18.5. The van der Waals surface area contributed by atoms with Crippen molar-refractivity contribution in [2.24, 2.45) is 0 Å². The first kappa shape index (κ1) is 21.0. The number of nitrogens with one attached hydrogen (secondary N) is 2. The first-order valence-electron chi connectivity index (χ1n) is 11.4. The van der Waals surface area contributed by atoms with E-state index in [0.29, 0.717) is 24.3 Å². The van der Waals surface area contributed by atoms with Crippen LogP contribution in [0.15, 0.2) is 42.7 Å². The van der Waals surface area contributed by atoms with Crippen molar-refractivity contribution in [2.45, 2.75) is 18.5 Å². The second-order valence-electron chi connectivity index (χ2n) is 8.90. The molecule has 8 heteroatoms. The minimum absolute atomic E-state index is 0.199. The van der Waals surface area contributed by atoms with Gasteiger partial charge in [-0.05, 0) is 44.6 Å². The minimum Gasteiger partial charge on any atom is -0.369 e. The van der Waals surface area contributed by atoms with Crippen LogP contribution in [0.1, 0.15) is 12.8 Å². The van der Waals surface area contributed by atoms with E-state index >= 15 is 4.39 Å². The highest BCUT2D eigenvalue weighted by Gasteiger charge is 2.31. The fourth-order valence-electron chi connectivity index (χ4n) is 4.47. The number of likely N-dealkylation sites (N-methyl/N-ethyl adjacent to an activating group) is 1. The summed E-state index contributed by atoms with van der Waals surface area (Å²) in [6.07, 6.45) is 4.71. The molecule has 1 unspecified atom stereocenters. The Kier molecular flexibility index (Phi) is 5.89. The molecule has 0 amide bonds. The van der Waals surface area contributed by atoms with Crippen molar-refractivity contribution in [1.82, 2.24) is 25.2 Å². The average molecular weight is 436 g/mol. The van der Waals surface area contributed by atoms with E-state index in [2.05, 4.69) is 61.7 Å². The van der Waals surface area contributed by atoms with Gasteiger partial charge in [-0.3, -0.25) is 4.98 Å². The smallest absolute Gasteiger partial charge is 0.155 e. The maximum atomic E-state index is 15.1. The first-order chi connectivity index (χ1) is 15.6. The third-order valence-corrected chi connectivity index (χ3v) is 6.48. The molecule has 1 atom stereocenters. The van der Waals surface area contributed by atoms with Crippen molar-refractivity contribution in [3.63, 3.8) is 0 Å². The molecule has 0 spiro atoms. The molecular weight excluding hydrogens is 405 g/mol. The number of piperidine rings is 1. The van der Waals surface area contributed by atoms with Crippen molar-refractivity contribution in [3.05, 3.63) is 42.7 Å². The molecular formula is C24H30FN7. The summed E-state index contributed by atoms with van der Waals surface area (Å²) in [5, 5.41) is 6.38. The Bertz CT molecular complexity index is 1060. The van der Waals surface area contributed by atoms with E-state index in [0.717, 1.165) is 55.9 Å². The van der Waals surface area contributed by atoms with Gasteiger partial charge in [0.1, 0.15) is 11.2 Å². The van der Waals surface area contributed by atoms with Crippen LogP contribution in [0, 0.1) is 0 Å². The largest absolute Gasteiger partial charge is 0.369 e. The Labute approximate surface area is 188 Å². The quantitative estimate of drug-likeness (QED) is 0.639. The number of pyridine rings is 1. The summed E-state index contributed by atoms with van der Waals surface area (Å²) in [5.74, 6) is 0.580. The number of halogens is 1. The lowest BCUT2D eigenvalue weighted by Crippen LogP contribution is -2.46. The molecule has 7 nitrogen and oxygen atoms in total. The van der Waals surface area contributed by atoms with Gasteiger partial charge in [-0.2, -0.15) is 0 Å². The lowest BCUT2D eigenvalue weighted by atomic mass is 9.96. The lowest BCUT2D eigenvalue weighted by molar-refractivity contribution is 0.137. The van der Waals surface area contributed by atoms with E-state index in [4.69, 9.17) is 4.98 Å². The summed E-state index contributed by atoms with van der Waals surface area (Å²) < 4.78 is 15.1. The molecule has 2 N–H and O–H groups in total. The zero-order chi connectivity index (χ0) is 22.0. The van der Waals surface area contributed by atoms with Crippen LogP contribution in [0.4, 0.5) is 15.9 Å². The Hall–Kier alpha value is -2.84. The van der Waals surface area contributed by atoms with Crippen LogP contribution >= 0.6 is 0 Å². The maximum Gasteiger partial charge on any atom is 0.155 e. The highest BCUT2D eigenvalue weighted by Crippen LogP contribution is 2.29. The molecule has 32 heavy (non-hydrogen) atoms. The van der Waals surface area contributed by atoms with Crippen molar-refractivity contribution >= 4 is 22.5 Å². The SMILES string of the molecule is CN1CCN(c2ccc(-c3cc4nccnc4c(NCC4(F)CCCNC4)n3)cc2)CC1. The van der Waals surface area contributed by atoms with Crippen molar-refractivity contribution in [3.8, 4) is 11.3 Å². The number of aromatic nitrogens is 3. The average Bonchev–Trinajstić information content (AvgIpc) is 2.83. The topological polar surface area (TPSA) is 69.2 Å². The third-order valence-electron chi connectivity index (χ3n) is 6.48. The van der Waals surface area contributed by atoms with Crippen LogP contribution in [0.5, 0.6) is 0 Å². The van der Waals surface area contributed by atoms with Crippen molar-refractivity contribution in [2.75, 3.05) is 63.1 Å². The molecule has 0 radical (unpaired) electrons. The first-order valence-corrected chi connectivity index (χ1v) is 11.4. The number of hydrogen-bond acceptors (Lipinski definition) is 7. The Balaban J connectivity index is 1.40. The number of hydrogen-bond donors (Lipinski definition) is 2. The fraction of sp³-hybridized carbons (Fsp3) is 0.458. The second-order valence-corrected chi connectivity index (χ2v) is 8.90. The van der Waals surface area contributed by atoms with Gasteiger partial charge in [0.05, 0.1) is 17.8 Å². The molecule has 4 heterocycles. The highest BCUT2D eigenvalue weighted by molar-refractivity contribution is 5.88. The van der Waals surface area contributed by atoms with Gasteiger partial charge in [-0.25, -0.2) is 14.4 Å². The minimum atomic E-state index is -1.28. The van der Waals surface area contributed by atoms with Crippen LogP contribution in [0.25, 0.3) is 22.3 Å². The highest BCUT2D eigenvalue weighted by atomic mass is 19.1. The van der Waals surface area contributed by atoms with Crippen LogP contribution in [0.3, 0.4) is 0 Å². The summed E-state index contributed by atoms with van der Waals surface area (Å²) in [6.45, 7) is 5.65. The van der Waals surface area contributed by atoms with Gasteiger partial charge < -0.3 is 20.4 Å². The Morgan fingerprint density at radius 1 is 1.09 bits per heavy atom. The number of piperazine rings is 1. The number of rotatable bonds is 5. The van der Waals surface area contributed by atoms with Crippen molar-refractivity contribution < 1.29 is 4.39 Å². The second kappa shape index (κ2) is 8.96. The number of nitrogens with zero attached hydrogens (tertiary/aromatic N) is 5. The zero-order valence-corrected chi connectivity index (χ0v) is 18.5. The summed E-state index contributed by atoms with van der Waals surface area (Å²) in [4.78, 5) is 18.5. The van der Waals surface area contributed by atoms with Crippen LogP contribution < -0.4 is 15.5 Å².